The van der Waals surface area contributed by atoms with Gasteiger partial charge >= 0.3 is 6.08 Å². The molecule has 1 rings (SSSR count). The van der Waals surface area contributed by atoms with Crippen molar-refractivity contribution in [2.45, 2.75) is 13.5 Å². The Hall–Kier alpha value is -1.40. The molecule has 17 heavy (non-hydrogen) atoms. The van der Waals surface area contributed by atoms with Crippen LogP contribution in [0.4, 0.5) is 4.39 Å². The smallest absolute Gasteiger partial charge is 0.308 e. The van der Waals surface area contributed by atoms with Crippen LogP contribution < -0.4 is 5.32 Å². The van der Waals surface area contributed by atoms with E-state index < -0.39 is 6.08 Å². The normalized spacial score (nSPS) is 10.8. The summed E-state index contributed by atoms with van der Waals surface area (Å²) >= 11 is 0. The highest BCUT2D eigenvalue weighted by Crippen LogP contribution is 2.07. The summed E-state index contributed by atoms with van der Waals surface area (Å²) in [5.74, 6) is 0. The minimum absolute atomic E-state index is 0.346. The molecule has 1 heterocycles. The van der Waals surface area contributed by atoms with Crippen molar-refractivity contribution in [3.63, 3.8) is 0 Å². The lowest BCUT2D eigenvalue weighted by atomic mass is 10.2. The minimum Gasteiger partial charge on any atom is -0.318 e. The number of hydrogen-bond acceptors (Lipinski definition) is 5. The molecular weight excluding hydrogens is 223 g/mol. The fraction of sp³-hybridized carbons (Fsp3) is 0.545. The molecule has 0 bridgehead atoms. The summed E-state index contributed by atoms with van der Waals surface area (Å²) in [7, 11) is 1.85. The maximum atomic E-state index is 12.7. The second-order valence-electron chi connectivity index (χ2n) is 3.76. The fourth-order valence-electron chi connectivity index (χ4n) is 1.47. The lowest BCUT2D eigenvalue weighted by molar-refractivity contribution is -0.109. The van der Waals surface area contributed by atoms with Gasteiger partial charge in [-0.15, -0.1) is 0 Å². The lowest BCUT2D eigenvalue weighted by Gasteiger charge is -2.19. The first-order valence-corrected chi connectivity index (χ1v) is 5.46. The third kappa shape index (κ3) is 4.54. The van der Waals surface area contributed by atoms with Gasteiger partial charge in [-0.3, -0.25) is 4.90 Å². The molecule has 1 aromatic heterocycles. The van der Waals surface area contributed by atoms with E-state index in [-0.39, 0.29) is 0 Å². The predicted molar refractivity (Wildman–Crippen MR) is 62.0 cm³/mol. The van der Waals surface area contributed by atoms with Crippen molar-refractivity contribution in [2.24, 2.45) is 0 Å². The Morgan fingerprint density at radius 2 is 2.35 bits per heavy atom. The molecule has 0 aliphatic carbocycles. The molecule has 1 aromatic rings. The molecule has 0 amide bonds. The zero-order valence-corrected chi connectivity index (χ0v) is 10.1. The van der Waals surface area contributed by atoms with Crippen molar-refractivity contribution in [1.82, 2.24) is 20.2 Å². The van der Waals surface area contributed by atoms with Crippen molar-refractivity contribution < 1.29 is 9.18 Å². The van der Waals surface area contributed by atoms with Gasteiger partial charge in [0.2, 0.25) is 0 Å². The van der Waals surface area contributed by atoms with E-state index in [9.17, 15) is 9.18 Å². The van der Waals surface area contributed by atoms with E-state index in [0.717, 1.165) is 24.9 Å². The molecule has 0 unspecified atom stereocenters. The van der Waals surface area contributed by atoms with E-state index in [1.807, 2.05) is 11.9 Å². The first kappa shape index (κ1) is 13.7. The molecule has 0 fully saturated rings. The quantitative estimate of drug-likeness (QED) is 0.543. The van der Waals surface area contributed by atoms with Gasteiger partial charge in [-0.25, -0.2) is 9.97 Å². The van der Waals surface area contributed by atoms with Gasteiger partial charge in [0.05, 0.1) is 6.54 Å². The van der Waals surface area contributed by atoms with Crippen LogP contribution in [-0.4, -0.2) is 47.8 Å². The van der Waals surface area contributed by atoms with Gasteiger partial charge < -0.3 is 10.1 Å². The monoisotopic (exact) mass is 240 g/mol. The van der Waals surface area contributed by atoms with Crippen LogP contribution in [0.5, 0.6) is 0 Å². The molecule has 0 saturated heterocycles. The minimum atomic E-state index is -0.719. The van der Waals surface area contributed by atoms with Crippen molar-refractivity contribution in [2.75, 3.05) is 26.7 Å². The van der Waals surface area contributed by atoms with Crippen molar-refractivity contribution in [1.29, 1.82) is 0 Å². The number of halogens is 1. The molecule has 0 atom stereocenters. The van der Waals surface area contributed by atoms with E-state index in [2.05, 4.69) is 15.3 Å². The number of hydrogen-bond donors (Lipinski definition) is 1. The molecule has 0 aliphatic rings. The van der Waals surface area contributed by atoms with E-state index in [1.54, 1.807) is 6.92 Å². The third-order valence-corrected chi connectivity index (χ3v) is 2.46. The second-order valence-corrected chi connectivity index (χ2v) is 3.76. The number of nitrogens with one attached hydrogen (secondary N) is 1. The second kappa shape index (κ2) is 7.03. The Balaban J connectivity index is 2.67. The number of carbonyl (C=O) groups excluding carboxylic acids is 1. The van der Waals surface area contributed by atoms with Crippen LogP contribution >= 0.6 is 0 Å². The standard InChI is InChI=1S/C11H17FN4O/c1-9-10(7-14-11(12)15-9)8-16(5-6-17)4-3-13-2/h6-7,13H,3-5,8H2,1-2H3. The fourth-order valence-corrected chi connectivity index (χ4v) is 1.47. The van der Waals surface area contributed by atoms with Gasteiger partial charge in [0, 0.05) is 37.1 Å². The van der Waals surface area contributed by atoms with Crippen LogP contribution in [-0.2, 0) is 11.3 Å². The van der Waals surface area contributed by atoms with Crippen LogP contribution in [0.1, 0.15) is 11.3 Å². The van der Waals surface area contributed by atoms with E-state index >= 15 is 0 Å². The lowest BCUT2D eigenvalue weighted by Crippen LogP contribution is -2.32. The predicted octanol–water partition coefficient (Wildman–Crippen LogP) is 0.144. The number of likely N-dealkylation sites (N-methyl/N-ethyl adjacent to an activating group) is 1. The van der Waals surface area contributed by atoms with Gasteiger partial charge in [0.25, 0.3) is 0 Å². The topological polar surface area (TPSA) is 58.1 Å². The Labute approximate surface area is 100 Å². The molecule has 0 radical (unpaired) electrons. The first-order chi connectivity index (χ1) is 8.17. The molecule has 0 saturated carbocycles. The van der Waals surface area contributed by atoms with E-state index in [4.69, 9.17) is 0 Å². The Morgan fingerprint density at radius 1 is 1.59 bits per heavy atom. The highest BCUT2D eigenvalue weighted by molar-refractivity contribution is 5.52. The Kier molecular flexibility index (Phi) is 5.65. The zero-order valence-electron chi connectivity index (χ0n) is 10.1. The van der Waals surface area contributed by atoms with Crippen molar-refractivity contribution in [3.8, 4) is 0 Å². The summed E-state index contributed by atoms with van der Waals surface area (Å²) in [4.78, 5) is 19.7. The first-order valence-electron chi connectivity index (χ1n) is 5.46. The van der Waals surface area contributed by atoms with Crippen LogP contribution in [0.2, 0.25) is 0 Å². The van der Waals surface area contributed by atoms with Crippen LogP contribution in [0.3, 0.4) is 0 Å². The molecule has 5 nitrogen and oxygen atoms in total. The zero-order chi connectivity index (χ0) is 12.7. The molecule has 0 aliphatic heterocycles. The highest BCUT2D eigenvalue weighted by atomic mass is 19.1. The van der Waals surface area contributed by atoms with Crippen molar-refractivity contribution in [3.05, 3.63) is 23.5 Å². The highest BCUT2D eigenvalue weighted by Gasteiger charge is 2.09. The van der Waals surface area contributed by atoms with Gasteiger partial charge in [-0.1, -0.05) is 0 Å². The van der Waals surface area contributed by atoms with Crippen LogP contribution in [0.25, 0.3) is 0 Å². The van der Waals surface area contributed by atoms with Crippen LogP contribution in [0, 0.1) is 13.0 Å². The molecule has 6 heteroatoms. The van der Waals surface area contributed by atoms with Crippen LogP contribution in [0.15, 0.2) is 6.20 Å². The molecule has 1 N–H and O–H groups in total. The van der Waals surface area contributed by atoms with Gasteiger partial charge in [-0.2, -0.15) is 4.39 Å². The maximum Gasteiger partial charge on any atom is 0.308 e. The van der Waals surface area contributed by atoms with E-state index in [1.165, 1.54) is 6.20 Å². The van der Waals surface area contributed by atoms with Gasteiger partial charge in [0.1, 0.15) is 6.29 Å². The summed E-state index contributed by atoms with van der Waals surface area (Å²) in [5, 5.41) is 3.02. The Morgan fingerprint density at radius 3 is 2.94 bits per heavy atom. The number of nitrogens with zero attached hydrogens (tertiary/aromatic N) is 3. The SMILES string of the molecule is CNCCN(CC=O)Cc1cnc(F)nc1C. The number of carbonyl (C=O) groups is 1. The molecule has 0 spiro atoms. The molecular formula is C11H17FN4O. The summed E-state index contributed by atoms with van der Waals surface area (Å²) in [5.41, 5.74) is 1.45. The van der Waals surface area contributed by atoms with E-state index in [0.29, 0.717) is 18.8 Å². The molecule has 0 aromatic carbocycles. The largest absolute Gasteiger partial charge is 0.318 e. The number of aldehydes is 1. The van der Waals surface area contributed by atoms with Gasteiger partial charge in [0.15, 0.2) is 0 Å². The summed E-state index contributed by atoms with van der Waals surface area (Å²) < 4.78 is 12.7. The summed E-state index contributed by atoms with van der Waals surface area (Å²) in [6, 6.07) is 0. The number of aryl methyl sites for hydroxylation is 1. The molecule has 94 valence electrons. The Bertz CT molecular complexity index is 372. The number of aromatic nitrogens is 2. The number of rotatable bonds is 7. The van der Waals surface area contributed by atoms with Crippen molar-refractivity contribution >= 4 is 6.29 Å². The third-order valence-electron chi connectivity index (χ3n) is 2.46. The summed E-state index contributed by atoms with van der Waals surface area (Å²) in [6.45, 7) is 4.16. The average molecular weight is 240 g/mol. The summed E-state index contributed by atoms with van der Waals surface area (Å²) in [6.07, 6.45) is 1.60. The maximum absolute atomic E-state index is 12.7. The van der Waals surface area contributed by atoms with Gasteiger partial charge in [-0.05, 0) is 14.0 Å². The average Bonchev–Trinajstić information content (AvgIpc) is 2.29.